The summed E-state index contributed by atoms with van der Waals surface area (Å²) in [6, 6.07) is 9.57. The van der Waals surface area contributed by atoms with Crippen LogP contribution in [0.2, 0.25) is 5.02 Å². The molecule has 1 atom stereocenters. The quantitative estimate of drug-likeness (QED) is 0.666. The topological polar surface area (TPSA) is 95.5 Å². The van der Waals surface area contributed by atoms with Gasteiger partial charge in [-0.2, -0.15) is 13.2 Å². The molecule has 2 rings (SSSR count). The normalized spacial score (nSPS) is 14.2. The van der Waals surface area contributed by atoms with E-state index < -0.39 is 27.7 Å². The Bertz CT molecular complexity index is 990. The summed E-state index contributed by atoms with van der Waals surface area (Å²) in [5, 5.41) is 10.9. The number of rotatable bonds is 5. The van der Waals surface area contributed by atoms with Crippen LogP contribution in [0.1, 0.15) is 12.5 Å². The Morgan fingerprint density at radius 2 is 1.68 bits per heavy atom. The van der Waals surface area contributed by atoms with E-state index in [0.29, 0.717) is 12.6 Å². The third-order valence-corrected chi connectivity index (χ3v) is 5.49. The van der Waals surface area contributed by atoms with Crippen LogP contribution in [-0.4, -0.2) is 31.2 Å². The first-order valence-corrected chi connectivity index (χ1v) is 9.60. The predicted molar refractivity (Wildman–Crippen MR) is 98.7 cm³/mol. The first-order valence-electron chi connectivity index (χ1n) is 7.73. The van der Waals surface area contributed by atoms with Gasteiger partial charge < -0.3 is 10.4 Å². The van der Waals surface area contributed by atoms with E-state index in [1.807, 2.05) is 12.2 Å². The van der Waals surface area contributed by atoms with Crippen LogP contribution in [0.5, 0.6) is 0 Å². The van der Waals surface area contributed by atoms with Gasteiger partial charge in [-0.05, 0) is 44.2 Å². The van der Waals surface area contributed by atoms with Crippen LogP contribution in [0.25, 0.3) is 0 Å². The minimum Gasteiger partial charge on any atom is -0.373 e. The molecule has 0 radical (unpaired) electrons. The highest BCUT2D eigenvalue weighted by atomic mass is 35.5. The third-order valence-electron chi connectivity index (χ3n) is 3.80. The summed E-state index contributed by atoms with van der Waals surface area (Å²) >= 11 is 5.90. The molecule has 2 aromatic rings. The van der Waals surface area contributed by atoms with Crippen LogP contribution in [0, 0.1) is 6.92 Å². The molecular formula is C17H16ClF3N2O4S. The second-order valence-electron chi connectivity index (χ2n) is 6.14. The molecule has 11 heteroatoms. The van der Waals surface area contributed by atoms with Crippen LogP contribution >= 0.6 is 11.6 Å². The van der Waals surface area contributed by atoms with Crippen molar-refractivity contribution in [1.82, 2.24) is 0 Å². The van der Waals surface area contributed by atoms with Gasteiger partial charge in [-0.25, -0.2) is 8.42 Å². The van der Waals surface area contributed by atoms with Gasteiger partial charge in [0.25, 0.3) is 15.9 Å². The van der Waals surface area contributed by atoms with Crippen molar-refractivity contribution in [2.45, 2.75) is 30.5 Å². The summed E-state index contributed by atoms with van der Waals surface area (Å²) in [5.41, 5.74) is -2.69. The summed E-state index contributed by atoms with van der Waals surface area (Å²) < 4.78 is 65.3. The van der Waals surface area contributed by atoms with Crippen molar-refractivity contribution in [1.29, 1.82) is 0 Å². The van der Waals surface area contributed by atoms with Gasteiger partial charge in [-0.15, -0.1) is 0 Å². The molecule has 0 unspecified atom stereocenters. The Morgan fingerprint density at radius 1 is 1.11 bits per heavy atom. The fourth-order valence-corrected chi connectivity index (χ4v) is 3.35. The average molecular weight is 437 g/mol. The third kappa shape index (κ3) is 4.75. The number of hydrogen-bond donors (Lipinski definition) is 3. The zero-order valence-electron chi connectivity index (χ0n) is 14.6. The monoisotopic (exact) mass is 436 g/mol. The average Bonchev–Trinajstić information content (AvgIpc) is 2.57. The lowest BCUT2D eigenvalue weighted by Gasteiger charge is -2.25. The first-order chi connectivity index (χ1) is 12.7. The lowest BCUT2D eigenvalue weighted by atomic mass is 10.1. The van der Waals surface area contributed by atoms with Gasteiger partial charge in [-0.1, -0.05) is 29.3 Å². The molecule has 0 aliphatic heterocycles. The van der Waals surface area contributed by atoms with Crippen LogP contribution < -0.4 is 10.0 Å². The van der Waals surface area contributed by atoms with Crippen LogP contribution in [0.15, 0.2) is 47.4 Å². The van der Waals surface area contributed by atoms with E-state index >= 15 is 0 Å². The van der Waals surface area contributed by atoms with Crippen molar-refractivity contribution in [3.8, 4) is 0 Å². The van der Waals surface area contributed by atoms with Gasteiger partial charge in [0, 0.05) is 5.69 Å². The fourth-order valence-electron chi connectivity index (χ4n) is 1.97. The molecule has 0 fully saturated rings. The number of sulfonamides is 1. The number of aryl methyl sites for hydroxylation is 1. The molecule has 0 bridgehead atoms. The fraction of sp³-hybridized carbons (Fsp3) is 0.235. The largest absolute Gasteiger partial charge is 0.426 e. The zero-order valence-corrected chi connectivity index (χ0v) is 16.2. The van der Waals surface area contributed by atoms with E-state index in [9.17, 15) is 31.5 Å². The number of carbonyl (C=O) groups is 1. The van der Waals surface area contributed by atoms with Crippen molar-refractivity contribution < 1.29 is 31.5 Å². The van der Waals surface area contributed by atoms with Gasteiger partial charge in [0.2, 0.25) is 5.60 Å². The predicted octanol–water partition coefficient (Wildman–Crippen LogP) is 3.70. The van der Waals surface area contributed by atoms with E-state index in [1.165, 1.54) is 0 Å². The Morgan fingerprint density at radius 3 is 2.18 bits per heavy atom. The molecule has 6 nitrogen and oxygen atoms in total. The number of nitrogens with one attached hydrogen (secondary N) is 2. The standard InChI is InChI=1S/C17H16ClF3N2O4S/c1-10-3-5-11(6-4-10)23-28(26,27)12-7-8-14(13(18)9-12)22-15(24)16(2,25)17(19,20)21/h3-9,23,25H,1-2H3,(H,22,24)/t16-/m1/s1. The Labute approximate surface area is 164 Å². The smallest absolute Gasteiger partial charge is 0.373 e. The SMILES string of the molecule is Cc1ccc(NS(=O)(=O)c2ccc(NC(=O)[C@@](C)(O)C(F)(F)F)c(Cl)c2)cc1. The number of aliphatic hydroxyl groups is 1. The molecule has 152 valence electrons. The number of anilines is 2. The second kappa shape index (κ2) is 7.61. The van der Waals surface area contributed by atoms with E-state index in [4.69, 9.17) is 11.6 Å². The minimum absolute atomic E-state index is 0.265. The molecule has 2 aromatic carbocycles. The van der Waals surface area contributed by atoms with Crippen molar-refractivity contribution in [3.63, 3.8) is 0 Å². The number of benzene rings is 2. The Kier molecular flexibility index (Phi) is 5.98. The van der Waals surface area contributed by atoms with Crippen LogP contribution in [0.3, 0.4) is 0 Å². The maximum atomic E-state index is 12.7. The van der Waals surface area contributed by atoms with Gasteiger partial charge in [0.15, 0.2) is 0 Å². The number of carbonyl (C=O) groups excluding carboxylic acids is 1. The van der Waals surface area contributed by atoms with Crippen molar-refractivity contribution in [3.05, 3.63) is 53.1 Å². The molecule has 1 amide bonds. The zero-order chi connectivity index (χ0) is 21.3. The highest BCUT2D eigenvalue weighted by Crippen LogP contribution is 2.33. The molecule has 0 aliphatic rings. The Balaban J connectivity index is 2.24. The van der Waals surface area contributed by atoms with E-state index in [1.54, 1.807) is 24.3 Å². The van der Waals surface area contributed by atoms with Crippen molar-refractivity contribution in [2.24, 2.45) is 0 Å². The molecule has 0 heterocycles. The first kappa shape index (κ1) is 22.0. The molecule has 0 aromatic heterocycles. The second-order valence-corrected chi connectivity index (χ2v) is 8.23. The van der Waals surface area contributed by atoms with E-state index in [2.05, 4.69) is 4.72 Å². The van der Waals surface area contributed by atoms with E-state index in [-0.39, 0.29) is 15.6 Å². The molecule has 0 aliphatic carbocycles. The van der Waals surface area contributed by atoms with Crippen molar-refractivity contribution >= 4 is 38.9 Å². The number of amides is 1. The molecule has 0 saturated heterocycles. The van der Waals surface area contributed by atoms with Gasteiger partial charge in [-0.3, -0.25) is 9.52 Å². The summed E-state index contributed by atoms with van der Waals surface area (Å²) in [5.74, 6) is -1.75. The summed E-state index contributed by atoms with van der Waals surface area (Å²) in [4.78, 5) is 11.4. The molecule has 0 saturated carbocycles. The van der Waals surface area contributed by atoms with E-state index in [0.717, 1.165) is 23.8 Å². The molecule has 28 heavy (non-hydrogen) atoms. The lowest BCUT2D eigenvalue weighted by Crippen LogP contribution is -2.52. The summed E-state index contributed by atoms with van der Waals surface area (Å²) in [6.45, 7) is 2.13. The van der Waals surface area contributed by atoms with Gasteiger partial charge in [0.1, 0.15) is 0 Å². The number of halogens is 4. The highest BCUT2D eigenvalue weighted by Gasteiger charge is 2.55. The lowest BCUT2D eigenvalue weighted by molar-refractivity contribution is -0.242. The summed E-state index contributed by atoms with van der Waals surface area (Å²) in [7, 11) is -4.02. The highest BCUT2D eigenvalue weighted by molar-refractivity contribution is 7.92. The summed E-state index contributed by atoms with van der Waals surface area (Å²) in [6.07, 6.45) is -5.20. The van der Waals surface area contributed by atoms with Gasteiger partial charge in [0.05, 0.1) is 15.6 Å². The van der Waals surface area contributed by atoms with Gasteiger partial charge >= 0.3 is 6.18 Å². The minimum atomic E-state index is -5.20. The Hall–Kier alpha value is -2.30. The molecule has 3 N–H and O–H groups in total. The maximum absolute atomic E-state index is 12.7. The van der Waals surface area contributed by atoms with Crippen LogP contribution in [0.4, 0.5) is 24.5 Å². The number of alkyl halides is 3. The molecular weight excluding hydrogens is 421 g/mol. The number of hydrogen-bond acceptors (Lipinski definition) is 4. The maximum Gasteiger partial charge on any atom is 0.426 e. The van der Waals surface area contributed by atoms with Crippen molar-refractivity contribution in [2.75, 3.05) is 10.0 Å². The molecule has 0 spiro atoms. The van der Waals surface area contributed by atoms with Crippen LogP contribution in [-0.2, 0) is 14.8 Å².